The predicted octanol–water partition coefficient (Wildman–Crippen LogP) is 4.96. The van der Waals surface area contributed by atoms with E-state index in [9.17, 15) is 13.6 Å². The molecule has 0 radical (unpaired) electrons. The average Bonchev–Trinajstić information content (AvgIpc) is 2.55. The number of alkyl halides is 2. The van der Waals surface area contributed by atoms with Crippen molar-refractivity contribution in [1.82, 2.24) is 5.32 Å². The van der Waals surface area contributed by atoms with E-state index in [1.165, 1.54) is 12.1 Å². The van der Waals surface area contributed by atoms with Crippen LogP contribution in [0.15, 0.2) is 48.5 Å². The number of hydrogen-bond acceptors (Lipinski definition) is 3. The lowest BCUT2D eigenvalue weighted by Gasteiger charge is -2.16. The molecule has 2 amide bonds. The van der Waals surface area contributed by atoms with E-state index in [-0.39, 0.29) is 17.9 Å². The molecule has 2 N–H and O–H groups in total. The number of carbonyl (C=O) groups is 1. The van der Waals surface area contributed by atoms with Gasteiger partial charge in [-0.3, -0.25) is 0 Å². The number of benzene rings is 2. The van der Waals surface area contributed by atoms with Gasteiger partial charge in [0.15, 0.2) is 0 Å². The Morgan fingerprint density at radius 2 is 1.65 bits per heavy atom. The van der Waals surface area contributed by atoms with Crippen LogP contribution in [-0.2, 0) is 0 Å². The quantitative estimate of drug-likeness (QED) is 0.730. The Hall–Kier alpha value is -2.83. The van der Waals surface area contributed by atoms with Crippen molar-refractivity contribution >= 4 is 11.7 Å². The maximum atomic E-state index is 12.3. The van der Waals surface area contributed by atoms with Crippen molar-refractivity contribution in [3.63, 3.8) is 0 Å². The molecular formula is C19H22F2N2O3. The number of halogens is 2. The first-order chi connectivity index (χ1) is 12.3. The van der Waals surface area contributed by atoms with Crippen LogP contribution in [0.4, 0.5) is 19.3 Å². The third-order valence-electron chi connectivity index (χ3n) is 3.41. The molecule has 0 aliphatic heterocycles. The van der Waals surface area contributed by atoms with E-state index in [0.717, 1.165) is 5.75 Å². The van der Waals surface area contributed by atoms with Crippen molar-refractivity contribution in [3.8, 4) is 11.5 Å². The van der Waals surface area contributed by atoms with Gasteiger partial charge >= 0.3 is 12.6 Å². The first kappa shape index (κ1) is 19.5. The molecular weight excluding hydrogens is 342 g/mol. The van der Waals surface area contributed by atoms with Gasteiger partial charge in [0.25, 0.3) is 0 Å². The second-order valence-corrected chi connectivity index (χ2v) is 5.96. The van der Waals surface area contributed by atoms with E-state index in [1.54, 1.807) is 43.3 Å². The molecule has 1 unspecified atom stereocenters. The predicted molar refractivity (Wildman–Crippen MR) is 95.8 cm³/mol. The zero-order valence-corrected chi connectivity index (χ0v) is 14.8. The van der Waals surface area contributed by atoms with Gasteiger partial charge in [-0.2, -0.15) is 8.78 Å². The molecule has 0 bridgehead atoms. The van der Waals surface area contributed by atoms with Crippen molar-refractivity contribution in [1.29, 1.82) is 0 Å². The van der Waals surface area contributed by atoms with Gasteiger partial charge in [0.05, 0.1) is 12.1 Å². The number of rotatable bonds is 7. The monoisotopic (exact) mass is 364 g/mol. The highest BCUT2D eigenvalue weighted by atomic mass is 19.3. The molecule has 26 heavy (non-hydrogen) atoms. The molecule has 0 aliphatic carbocycles. The van der Waals surface area contributed by atoms with Gasteiger partial charge in [0, 0.05) is 5.69 Å². The molecule has 140 valence electrons. The largest absolute Gasteiger partial charge is 0.491 e. The van der Waals surface area contributed by atoms with Crippen LogP contribution < -0.4 is 20.1 Å². The summed E-state index contributed by atoms with van der Waals surface area (Å²) in [5.41, 5.74) is 1.26. The zero-order chi connectivity index (χ0) is 19.1. The number of carbonyl (C=O) groups excluding carboxylic acids is 1. The highest BCUT2D eigenvalue weighted by molar-refractivity contribution is 5.89. The van der Waals surface area contributed by atoms with Gasteiger partial charge < -0.3 is 20.1 Å². The van der Waals surface area contributed by atoms with E-state index in [2.05, 4.69) is 15.4 Å². The topological polar surface area (TPSA) is 59.6 Å². The van der Waals surface area contributed by atoms with Crippen LogP contribution in [0.5, 0.6) is 11.5 Å². The van der Waals surface area contributed by atoms with Crippen LogP contribution in [0.25, 0.3) is 0 Å². The van der Waals surface area contributed by atoms with E-state index in [4.69, 9.17) is 4.74 Å². The fraction of sp³-hybridized carbons (Fsp3) is 0.316. The fourth-order valence-electron chi connectivity index (χ4n) is 2.30. The van der Waals surface area contributed by atoms with Gasteiger partial charge in [-0.25, -0.2) is 4.79 Å². The van der Waals surface area contributed by atoms with Crippen LogP contribution in [0.3, 0.4) is 0 Å². The Morgan fingerprint density at radius 3 is 2.27 bits per heavy atom. The highest BCUT2D eigenvalue weighted by Gasteiger charge is 2.12. The Morgan fingerprint density at radius 1 is 0.962 bits per heavy atom. The van der Waals surface area contributed by atoms with Gasteiger partial charge in [-0.15, -0.1) is 0 Å². The fourth-order valence-corrected chi connectivity index (χ4v) is 2.30. The number of amides is 2. The summed E-state index contributed by atoms with van der Waals surface area (Å²) in [5, 5.41) is 5.46. The van der Waals surface area contributed by atoms with Gasteiger partial charge in [-0.1, -0.05) is 12.1 Å². The van der Waals surface area contributed by atoms with Gasteiger partial charge in [0.1, 0.15) is 11.5 Å². The van der Waals surface area contributed by atoms with E-state index < -0.39 is 12.6 Å². The van der Waals surface area contributed by atoms with Crippen molar-refractivity contribution in [2.75, 3.05) is 5.32 Å². The van der Waals surface area contributed by atoms with Crippen LogP contribution in [0.1, 0.15) is 32.4 Å². The molecule has 0 heterocycles. The Labute approximate surface area is 151 Å². The van der Waals surface area contributed by atoms with Gasteiger partial charge in [-0.05, 0) is 62.7 Å². The molecule has 5 nitrogen and oxygen atoms in total. The Bertz CT molecular complexity index is 721. The third kappa shape index (κ3) is 6.23. The molecule has 0 spiro atoms. The maximum absolute atomic E-state index is 12.3. The minimum absolute atomic E-state index is 0.0484. The van der Waals surface area contributed by atoms with Gasteiger partial charge in [0.2, 0.25) is 0 Å². The highest BCUT2D eigenvalue weighted by Crippen LogP contribution is 2.21. The standard InChI is InChI=1S/C19H22F2N2O3/c1-12(2)25-16-9-7-15(8-10-16)23-19(24)22-13(3)14-5-4-6-17(11-14)26-18(20)21/h4-13,18H,1-3H3,(H2,22,23,24). The summed E-state index contributed by atoms with van der Waals surface area (Å²) in [6, 6.07) is 12.4. The lowest BCUT2D eigenvalue weighted by Crippen LogP contribution is -2.31. The number of ether oxygens (including phenoxy) is 2. The molecule has 2 aromatic carbocycles. The number of hydrogen-bond donors (Lipinski definition) is 2. The van der Waals surface area contributed by atoms with Crippen molar-refractivity contribution in [3.05, 3.63) is 54.1 Å². The summed E-state index contributed by atoms with van der Waals surface area (Å²) >= 11 is 0. The summed E-state index contributed by atoms with van der Waals surface area (Å²) in [4.78, 5) is 12.1. The molecule has 2 aromatic rings. The Kier molecular flexibility index (Phi) is 6.77. The second-order valence-electron chi connectivity index (χ2n) is 5.96. The van der Waals surface area contributed by atoms with Crippen molar-refractivity contribution in [2.45, 2.75) is 39.5 Å². The summed E-state index contributed by atoms with van der Waals surface area (Å²) in [6.45, 7) is 2.73. The summed E-state index contributed by atoms with van der Waals surface area (Å²) < 4.78 is 34.5. The number of anilines is 1. The average molecular weight is 364 g/mol. The molecule has 2 rings (SSSR count). The first-order valence-corrected chi connectivity index (χ1v) is 8.22. The summed E-state index contributed by atoms with van der Waals surface area (Å²) in [7, 11) is 0. The lowest BCUT2D eigenvalue weighted by molar-refractivity contribution is -0.0499. The summed E-state index contributed by atoms with van der Waals surface area (Å²) in [5.74, 6) is 0.766. The van der Waals surface area contributed by atoms with Crippen LogP contribution in [0, 0.1) is 0 Å². The normalized spacial score (nSPS) is 12.0. The zero-order valence-electron chi connectivity index (χ0n) is 14.8. The van der Waals surface area contributed by atoms with Crippen molar-refractivity contribution in [2.24, 2.45) is 0 Å². The summed E-state index contributed by atoms with van der Waals surface area (Å²) in [6.07, 6.45) is 0.0720. The molecule has 1 atom stereocenters. The number of nitrogens with one attached hydrogen (secondary N) is 2. The van der Waals surface area contributed by atoms with E-state index >= 15 is 0 Å². The SMILES string of the molecule is CC(C)Oc1ccc(NC(=O)NC(C)c2cccc(OC(F)F)c2)cc1. The maximum Gasteiger partial charge on any atom is 0.387 e. The first-order valence-electron chi connectivity index (χ1n) is 8.22. The van der Waals surface area contributed by atoms with Crippen LogP contribution >= 0.6 is 0 Å². The van der Waals surface area contributed by atoms with Crippen LogP contribution in [0.2, 0.25) is 0 Å². The minimum atomic E-state index is -2.89. The lowest BCUT2D eigenvalue weighted by atomic mass is 10.1. The molecule has 7 heteroatoms. The van der Waals surface area contributed by atoms with E-state index in [1.807, 2.05) is 13.8 Å². The second kappa shape index (κ2) is 9.03. The third-order valence-corrected chi connectivity index (χ3v) is 3.41. The van der Waals surface area contributed by atoms with Crippen LogP contribution in [-0.4, -0.2) is 18.7 Å². The van der Waals surface area contributed by atoms with Crippen molar-refractivity contribution < 1.29 is 23.0 Å². The molecule has 0 aliphatic rings. The molecule has 0 aromatic heterocycles. The minimum Gasteiger partial charge on any atom is -0.491 e. The number of urea groups is 1. The molecule has 0 saturated heterocycles. The van der Waals surface area contributed by atoms with E-state index in [0.29, 0.717) is 11.3 Å². The Balaban J connectivity index is 1.92. The molecule has 0 saturated carbocycles. The molecule has 0 fully saturated rings. The smallest absolute Gasteiger partial charge is 0.387 e.